The Balaban J connectivity index is 1.58. The minimum atomic E-state index is -0.945. The highest BCUT2D eigenvalue weighted by Crippen LogP contribution is 2.40. The number of Topliss-reactive ketones (excluding diaryl/α,β-unsaturated/α-hetero) is 1. The normalized spacial score (nSPS) is 14.9. The van der Waals surface area contributed by atoms with Crippen LogP contribution in [0.15, 0.2) is 72.5 Å². The molecule has 0 aliphatic carbocycles. The molecule has 0 fully saturated rings. The molecule has 0 radical (unpaired) electrons. The fourth-order valence-corrected chi connectivity index (χ4v) is 3.53. The number of rotatable bonds is 4. The highest BCUT2D eigenvalue weighted by molar-refractivity contribution is 6.31. The zero-order valence-electron chi connectivity index (χ0n) is 15.9. The molecular formula is C24H16Cl2O4. The molecule has 1 atom stereocenters. The molecule has 0 saturated heterocycles. The van der Waals surface area contributed by atoms with Gasteiger partial charge in [-0.3, -0.25) is 4.79 Å². The first-order valence-corrected chi connectivity index (χ1v) is 9.99. The molecule has 4 rings (SSSR count). The van der Waals surface area contributed by atoms with Gasteiger partial charge in [-0.25, -0.2) is 4.79 Å². The first-order valence-electron chi connectivity index (χ1n) is 9.18. The van der Waals surface area contributed by atoms with Crippen molar-refractivity contribution >= 4 is 41.0 Å². The lowest BCUT2D eigenvalue weighted by molar-refractivity contribution is -0.134. The van der Waals surface area contributed by atoms with Crippen LogP contribution < -0.4 is 9.47 Å². The summed E-state index contributed by atoms with van der Waals surface area (Å²) in [6.07, 6.45) is 1.63. The fourth-order valence-electron chi connectivity index (χ4n) is 3.14. The molecule has 0 spiro atoms. The van der Waals surface area contributed by atoms with Gasteiger partial charge in [0.25, 0.3) is 0 Å². The third-order valence-corrected chi connectivity index (χ3v) is 5.36. The number of ketones is 1. The summed E-state index contributed by atoms with van der Waals surface area (Å²) in [5.74, 6) is -0.0183. The SMILES string of the molecule is Cc1c(OC(=O)C(Cl)c2ccccc2)ccc2c1O/C(=C\c1cccc(Cl)c1)C2=O. The summed E-state index contributed by atoms with van der Waals surface area (Å²) >= 11 is 12.3. The molecule has 0 aromatic heterocycles. The van der Waals surface area contributed by atoms with Crippen molar-refractivity contribution in [2.75, 3.05) is 0 Å². The Morgan fingerprint density at radius 3 is 2.57 bits per heavy atom. The van der Waals surface area contributed by atoms with Crippen LogP contribution in [0, 0.1) is 6.92 Å². The van der Waals surface area contributed by atoms with E-state index >= 15 is 0 Å². The Kier molecular flexibility index (Phi) is 5.62. The molecule has 0 bridgehead atoms. The summed E-state index contributed by atoms with van der Waals surface area (Å²) in [6, 6.07) is 19.2. The summed E-state index contributed by atoms with van der Waals surface area (Å²) < 4.78 is 11.3. The van der Waals surface area contributed by atoms with Crippen molar-refractivity contribution in [2.24, 2.45) is 0 Å². The van der Waals surface area contributed by atoms with Crippen molar-refractivity contribution in [3.8, 4) is 11.5 Å². The highest BCUT2D eigenvalue weighted by atomic mass is 35.5. The molecule has 0 saturated carbocycles. The molecule has 1 aliphatic heterocycles. The molecule has 150 valence electrons. The van der Waals surface area contributed by atoms with Gasteiger partial charge < -0.3 is 9.47 Å². The van der Waals surface area contributed by atoms with E-state index in [2.05, 4.69) is 0 Å². The van der Waals surface area contributed by atoms with Gasteiger partial charge in [-0.1, -0.05) is 54.1 Å². The maximum Gasteiger partial charge on any atom is 0.334 e. The van der Waals surface area contributed by atoms with Crippen molar-refractivity contribution in [3.05, 3.63) is 99.8 Å². The van der Waals surface area contributed by atoms with Crippen LogP contribution in [0.3, 0.4) is 0 Å². The number of halogens is 2. The van der Waals surface area contributed by atoms with E-state index in [9.17, 15) is 9.59 Å². The van der Waals surface area contributed by atoms with Crippen LogP contribution in [-0.4, -0.2) is 11.8 Å². The molecule has 0 amide bonds. The molecule has 0 N–H and O–H groups in total. The van der Waals surface area contributed by atoms with E-state index in [0.29, 0.717) is 27.5 Å². The van der Waals surface area contributed by atoms with E-state index in [1.54, 1.807) is 67.6 Å². The zero-order chi connectivity index (χ0) is 21.3. The fraction of sp³-hybridized carbons (Fsp3) is 0.0833. The van der Waals surface area contributed by atoms with E-state index in [0.717, 1.165) is 5.56 Å². The molecule has 1 heterocycles. The van der Waals surface area contributed by atoms with Gasteiger partial charge in [-0.15, -0.1) is 11.6 Å². The predicted molar refractivity (Wildman–Crippen MR) is 116 cm³/mol. The number of hydrogen-bond donors (Lipinski definition) is 0. The summed E-state index contributed by atoms with van der Waals surface area (Å²) in [6.45, 7) is 1.73. The van der Waals surface area contributed by atoms with Gasteiger partial charge in [-0.2, -0.15) is 0 Å². The summed E-state index contributed by atoms with van der Waals surface area (Å²) in [5, 5.41) is -0.383. The Morgan fingerprint density at radius 1 is 1.07 bits per heavy atom. The number of ether oxygens (including phenoxy) is 2. The molecule has 1 aliphatic rings. The van der Waals surface area contributed by atoms with Crippen LogP contribution in [0.2, 0.25) is 5.02 Å². The van der Waals surface area contributed by atoms with E-state index in [1.807, 2.05) is 12.1 Å². The minimum absolute atomic E-state index is 0.179. The topological polar surface area (TPSA) is 52.6 Å². The van der Waals surface area contributed by atoms with E-state index in [4.69, 9.17) is 32.7 Å². The lowest BCUT2D eigenvalue weighted by Crippen LogP contribution is -2.15. The molecular weight excluding hydrogens is 423 g/mol. The quantitative estimate of drug-likeness (QED) is 0.212. The second-order valence-electron chi connectivity index (χ2n) is 6.75. The van der Waals surface area contributed by atoms with Crippen molar-refractivity contribution in [1.82, 2.24) is 0 Å². The van der Waals surface area contributed by atoms with Crippen LogP contribution in [0.25, 0.3) is 6.08 Å². The largest absolute Gasteiger partial charge is 0.452 e. The highest BCUT2D eigenvalue weighted by Gasteiger charge is 2.31. The number of carbonyl (C=O) groups is 2. The van der Waals surface area contributed by atoms with E-state index < -0.39 is 11.3 Å². The van der Waals surface area contributed by atoms with Crippen LogP contribution >= 0.6 is 23.2 Å². The van der Waals surface area contributed by atoms with Gasteiger partial charge in [0, 0.05) is 10.6 Å². The Labute approximate surface area is 183 Å². The average Bonchev–Trinajstić information content (AvgIpc) is 3.06. The minimum Gasteiger partial charge on any atom is -0.452 e. The number of hydrogen-bond acceptors (Lipinski definition) is 4. The summed E-state index contributed by atoms with van der Waals surface area (Å²) in [5.41, 5.74) is 2.34. The smallest absolute Gasteiger partial charge is 0.334 e. The summed E-state index contributed by atoms with van der Waals surface area (Å²) in [4.78, 5) is 25.2. The van der Waals surface area contributed by atoms with Gasteiger partial charge in [-0.05, 0) is 48.4 Å². The standard InChI is InChI=1S/C24H16Cl2O4/c1-14-19(30-24(28)21(26)16-7-3-2-4-8-16)11-10-18-22(27)20(29-23(14)18)13-15-6-5-9-17(25)12-15/h2-13,21H,1H3/b20-13-. The van der Waals surface area contributed by atoms with Crippen LogP contribution in [-0.2, 0) is 4.79 Å². The molecule has 30 heavy (non-hydrogen) atoms. The van der Waals surface area contributed by atoms with Gasteiger partial charge in [0.05, 0.1) is 5.56 Å². The maximum absolute atomic E-state index is 12.7. The van der Waals surface area contributed by atoms with E-state index in [1.165, 1.54) is 0 Å². The second kappa shape index (κ2) is 8.34. The predicted octanol–water partition coefficient (Wildman–Crippen LogP) is 6.15. The Morgan fingerprint density at radius 2 is 1.83 bits per heavy atom. The molecule has 6 heteroatoms. The number of benzene rings is 3. The summed E-state index contributed by atoms with van der Waals surface area (Å²) in [7, 11) is 0. The molecule has 3 aromatic rings. The monoisotopic (exact) mass is 438 g/mol. The van der Waals surface area contributed by atoms with E-state index in [-0.39, 0.29) is 17.3 Å². The first kappa shape index (κ1) is 20.2. The molecule has 3 aromatic carbocycles. The van der Waals surface area contributed by atoms with Crippen molar-refractivity contribution in [3.63, 3.8) is 0 Å². The number of allylic oxidation sites excluding steroid dienone is 1. The molecule has 4 nitrogen and oxygen atoms in total. The van der Waals surface area contributed by atoms with Gasteiger partial charge in [0.15, 0.2) is 11.1 Å². The zero-order valence-corrected chi connectivity index (χ0v) is 17.4. The number of fused-ring (bicyclic) bond motifs is 1. The van der Waals surface area contributed by atoms with Gasteiger partial charge >= 0.3 is 5.97 Å². The number of alkyl halides is 1. The van der Waals surface area contributed by atoms with Gasteiger partial charge in [0.2, 0.25) is 5.78 Å². The van der Waals surface area contributed by atoms with Crippen LogP contribution in [0.4, 0.5) is 0 Å². The van der Waals surface area contributed by atoms with Crippen LogP contribution in [0.1, 0.15) is 32.4 Å². The maximum atomic E-state index is 12.7. The van der Waals surface area contributed by atoms with Crippen molar-refractivity contribution in [2.45, 2.75) is 12.3 Å². The van der Waals surface area contributed by atoms with Crippen molar-refractivity contribution < 1.29 is 19.1 Å². The third-order valence-electron chi connectivity index (χ3n) is 4.69. The average molecular weight is 439 g/mol. The Bertz CT molecular complexity index is 1170. The molecule has 1 unspecified atom stereocenters. The Hall–Kier alpha value is -3.08. The number of esters is 1. The lowest BCUT2D eigenvalue weighted by atomic mass is 10.1. The number of carbonyl (C=O) groups excluding carboxylic acids is 2. The van der Waals surface area contributed by atoms with Crippen LogP contribution in [0.5, 0.6) is 11.5 Å². The van der Waals surface area contributed by atoms with Crippen molar-refractivity contribution in [1.29, 1.82) is 0 Å². The van der Waals surface area contributed by atoms with Gasteiger partial charge in [0.1, 0.15) is 11.5 Å². The first-order chi connectivity index (χ1) is 14.4. The lowest BCUT2D eigenvalue weighted by Gasteiger charge is -2.13. The second-order valence-corrected chi connectivity index (χ2v) is 7.63. The third kappa shape index (κ3) is 3.97.